The average molecular weight is 150 g/mol. The van der Waals surface area contributed by atoms with Crippen molar-refractivity contribution in [2.45, 2.75) is 39.5 Å². The topological polar surface area (TPSA) is 0 Å². The summed E-state index contributed by atoms with van der Waals surface area (Å²) in [4.78, 5) is 0. The Balaban J connectivity index is 1.95. The molecule has 0 aromatic heterocycles. The van der Waals surface area contributed by atoms with Gasteiger partial charge in [0.15, 0.2) is 0 Å². The molecule has 0 aliphatic heterocycles. The molecular weight excluding hydrogens is 132 g/mol. The number of rotatable bonds is 0. The first-order valence-electron chi connectivity index (χ1n) is 5.27. The van der Waals surface area contributed by atoms with Crippen molar-refractivity contribution in [1.29, 1.82) is 0 Å². The second-order valence-corrected chi connectivity index (χ2v) is 5.18. The minimum atomic E-state index is 0.902. The molecule has 0 amide bonds. The Morgan fingerprint density at radius 2 is 1.91 bits per heavy atom. The van der Waals surface area contributed by atoms with E-state index >= 15 is 0 Å². The van der Waals surface area contributed by atoms with Gasteiger partial charge in [0, 0.05) is 0 Å². The Morgan fingerprint density at radius 3 is 2.45 bits per heavy atom. The van der Waals surface area contributed by atoms with Gasteiger partial charge in [0.05, 0.1) is 0 Å². The summed E-state index contributed by atoms with van der Waals surface area (Å²) < 4.78 is 0. The fourth-order valence-corrected chi connectivity index (χ4v) is 4.64. The molecule has 3 aliphatic rings. The van der Waals surface area contributed by atoms with E-state index in [1.807, 2.05) is 0 Å². The van der Waals surface area contributed by atoms with Crippen LogP contribution >= 0.6 is 0 Å². The summed E-state index contributed by atoms with van der Waals surface area (Å²) in [6.45, 7) is 4.97. The summed E-state index contributed by atoms with van der Waals surface area (Å²) >= 11 is 0. The Hall–Kier alpha value is 0. The van der Waals surface area contributed by atoms with Crippen molar-refractivity contribution < 1.29 is 0 Å². The Kier molecular flexibility index (Phi) is 0.990. The van der Waals surface area contributed by atoms with Gasteiger partial charge < -0.3 is 0 Å². The molecule has 0 heterocycles. The van der Waals surface area contributed by atoms with E-state index in [9.17, 15) is 0 Å². The molecule has 0 radical (unpaired) electrons. The first kappa shape index (κ1) is 6.51. The van der Waals surface area contributed by atoms with E-state index in [1.165, 1.54) is 5.92 Å². The highest BCUT2D eigenvalue weighted by Crippen LogP contribution is 2.74. The second kappa shape index (κ2) is 1.67. The summed E-state index contributed by atoms with van der Waals surface area (Å²) in [5, 5.41) is 0. The molecule has 0 bridgehead atoms. The van der Waals surface area contributed by atoms with Crippen LogP contribution in [0.5, 0.6) is 0 Å². The van der Waals surface area contributed by atoms with E-state index in [2.05, 4.69) is 13.8 Å². The number of hydrogen-bond acceptors (Lipinski definition) is 0. The molecule has 1 spiro atoms. The van der Waals surface area contributed by atoms with Crippen LogP contribution in [0.2, 0.25) is 0 Å². The van der Waals surface area contributed by atoms with Crippen LogP contribution < -0.4 is 0 Å². The van der Waals surface area contributed by atoms with Crippen molar-refractivity contribution in [3.05, 3.63) is 0 Å². The molecule has 11 heavy (non-hydrogen) atoms. The molecule has 5 atom stereocenters. The van der Waals surface area contributed by atoms with Crippen molar-refractivity contribution in [1.82, 2.24) is 0 Å². The predicted molar refractivity (Wildman–Crippen MR) is 46.2 cm³/mol. The monoisotopic (exact) mass is 150 g/mol. The highest BCUT2D eigenvalue weighted by atomic mass is 14.7. The Bertz CT molecular complexity index is 196. The predicted octanol–water partition coefficient (Wildman–Crippen LogP) is 3.08. The van der Waals surface area contributed by atoms with Crippen LogP contribution in [0.3, 0.4) is 0 Å². The second-order valence-electron chi connectivity index (χ2n) is 5.18. The van der Waals surface area contributed by atoms with Gasteiger partial charge in [-0.25, -0.2) is 0 Å². The van der Waals surface area contributed by atoms with E-state index in [4.69, 9.17) is 0 Å². The molecule has 0 aromatic rings. The highest BCUT2D eigenvalue weighted by Gasteiger charge is 2.67. The minimum Gasteiger partial charge on any atom is -0.0619 e. The molecule has 3 saturated carbocycles. The third-order valence-corrected chi connectivity index (χ3v) is 5.47. The maximum absolute atomic E-state index is 2.50. The van der Waals surface area contributed by atoms with Gasteiger partial charge >= 0.3 is 0 Å². The maximum atomic E-state index is 2.50. The van der Waals surface area contributed by atoms with Gasteiger partial charge in [0.2, 0.25) is 0 Å². The minimum absolute atomic E-state index is 0.902. The van der Waals surface area contributed by atoms with Gasteiger partial charge in [-0.2, -0.15) is 0 Å². The van der Waals surface area contributed by atoms with E-state index in [0.717, 1.165) is 23.2 Å². The van der Waals surface area contributed by atoms with Crippen molar-refractivity contribution >= 4 is 0 Å². The normalized spacial score (nSPS) is 66.0. The molecule has 3 rings (SSSR count). The molecule has 0 N–H and O–H groups in total. The van der Waals surface area contributed by atoms with Gasteiger partial charge in [-0.05, 0) is 54.8 Å². The van der Waals surface area contributed by atoms with Crippen molar-refractivity contribution in [3.8, 4) is 0 Å². The largest absolute Gasteiger partial charge is 0.0619 e. The lowest BCUT2D eigenvalue weighted by Crippen LogP contribution is -2.59. The van der Waals surface area contributed by atoms with Crippen LogP contribution in [0, 0.1) is 29.1 Å². The first-order chi connectivity index (χ1) is 5.27. The fourth-order valence-electron chi connectivity index (χ4n) is 4.64. The summed E-state index contributed by atoms with van der Waals surface area (Å²) in [5.74, 6) is 4.43. The highest BCUT2D eigenvalue weighted by molar-refractivity contribution is 5.16. The molecule has 0 nitrogen and oxygen atoms in total. The lowest BCUT2D eigenvalue weighted by atomic mass is 9.40. The van der Waals surface area contributed by atoms with Gasteiger partial charge in [-0.1, -0.05) is 13.8 Å². The van der Waals surface area contributed by atoms with E-state index in [0.29, 0.717) is 0 Å². The van der Waals surface area contributed by atoms with Crippen molar-refractivity contribution in [3.63, 3.8) is 0 Å². The van der Waals surface area contributed by atoms with Gasteiger partial charge in [0.25, 0.3) is 0 Å². The van der Waals surface area contributed by atoms with Gasteiger partial charge in [-0.3, -0.25) is 0 Å². The van der Waals surface area contributed by atoms with Crippen LogP contribution in [-0.4, -0.2) is 0 Å². The molecule has 0 saturated heterocycles. The third kappa shape index (κ3) is 0.467. The molecule has 0 aromatic carbocycles. The lowest BCUT2D eigenvalue weighted by molar-refractivity contribution is -0.167. The van der Waals surface area contributed by atoms with Crippen molar-refractivity contribution in [2.75, 3.05) is 0 Å². The Morgan fingerprint density at radius 1 is 1.09 bits per heavy atom. The Labute approximate surface area is 69.4 Å². The van der Waals surface area contributed by atoms with Crippen LogP contribution in [0.1, 0.15) is 39.5 Å². The summed E-state index contributed by atoms with van der Waals surface area (Å²) in [5.41, 5.74) is 0.902. The van der Waals surface area contributed by atoms with Gasteiger partial charge in [-0.15, -0.1) is 0 Å². The molecule has 62 valence electrons. The molecule has 3 aliphatic carbocycles. The summed E-state index contributed by atoms with van der Waals surface area (Å²) in [7, 11) is 0. The molecule has 0 heteroatoms. The van der Waals surface area contributed by atoms with Crippen LogP contribution in [0.25, 0.3) is 0 Å². The zero-order chi connectivity index (χ0) is 7.64. The van der Waals surface area contributed by atoms with Crippen molar-refractivity contribution in [2.24, 2.45) is 29.1 Å². The SMILES string of the molecule is CC1C(C)C23CCC2CCC13. The fraction of sp³-hybridized carbons (Fsp3) is 1.00. The van der Waals surface area contributed by atoms with Gasteiger partial charge in [0.1, 0.15) is 0 Å². The smallest absolute Gasteiger partial charge is 0.0210 e. The lowest BCUT2D eigenvalue weighted by Gasteiger charge is -2.65. The maximum Gasteiger partial charge on any atom is -0.0210 e. The summed E-state index contributed by atoms with van der Waals surface area (Å²) in [6, 6.07) is 0. The van der Waals surface area contributed by atoms with Crippen LogP contribution in [0.4, 0.5) is 0 Å². The molecule has 3 fully saturated rings. The first-order valence-corrected chi connectivity index (χ1v) is 5.27. The zero-order valence-electron chi connectivity index (χ0n) is 7.64. The standard InChI is InChI=1S/C11H18/c1-7-8(2)11-6-5-9(11)3-4-10(7)11/h7-10H,3-6H2,1-2H3. The van der Waals surface area contributed by atoms with Crippen LogP contribution in [-0.2, 0) is 0 Å². The average Bonchev–Trinajstić information content (AvgIpc) is 2.20. The third-order valence-electron chi connectivity index (χ3n) is 5.47. The van der Waals surface area contributed by atoms with Crippen LogP contribution in [0.15, 0.2) is 0 Å². The molecular formula is C11H18. The van der Waals surface area contributed by atoms with E-state index < -0.39 is 0 Å². The molecule has 5 unspecified atom stereocenters. The zero-order valence-corrected chi connectivity index (χ0v) is 7.64. The summed E-state index contributed by atoms with van der Waals surface area (Å²) in [6.07, 6.45) is 6.27. The van der Waals surface area contributed by atoms with E-state index in [1.54, 1.807) is 25.7 Å². The quantitative estimate of drug-likeness (QED) is 0.498. The van der Waals surface area contributed by atoms with E-state index in [-0.39, 0.29) is 0 Å². The number of hydrogen-bond donors (Lipinski definition) is 0.